The lowest BCUT2D eigenvalue weighted by Crippen LogP contribution is -2.29. The molecule has 100 valence electrons. The van der Waals surface area contributed by atoms with Crippen LogP contribution in [0.4, 0.5) is 0 Å². The van der Waals surface area contributed by atoms with Crippen LogP contribution in [0.5, 0.6) is 0 Å². The first-order valence-electron chi connectivity index (χ1n) is 6.43. The molecule has 2 aromatic rings. The largest absolute Gasteiger partial charge is 0.443 e. The zero-order chi connectivity index (χ0) is 14.0. The van der Waals surface area contributed by atoms with Gasteiger partial charge in [0.2, 0.25) is 0 Å². The maximum atomic E-state index is 9.44. The van der Waals surface area contributed by atoms with Crippen LogP contribution >= 0.6 is 0 Å². The molecule has 0 saturated heterocycles. The summed E-state index contributed by atoms with van der Waals surface area (Å²) in [6.45, 7) is 4.16. The molecule has 0 aliphatic carbocycles. The van der Waals surface area contributed by atoms with Gasteiger partial charge in [-0.25, -0.2) is 4.98 Å². The van der Waals surface area contributed by atoms with Crippen molar-refractivity contribution in [2.24, 2.45) is 11.8 Å². The molecular weight excluding hydrogens is 238 g/mol. The number of hydrogen-bond donors (Lipinski definition) is 0. The Bertz CT molecular complexity index is 595. The van der Waals surface area contributed by atoms with E-state index in [1.807, 2.05) is 32.3 Å². The van der Waals surface area contributed by atoms with Crippen molar-refractivity contribution in [1.82, 2.24) is 9.88 Å². The second-order valence-electron chi connectivity index (χ2n) is 5.39. The van der Waals surface area contributed by atoms with Crippen LogP contribution in [0.2, 0.25) is 0 Å². The molecule has 0 saturated carbocycles. The van der Waals surface area contributed by atoms with Gasteiger partial charge < -0.3 is 9.32 Å². The predicted molar refractivity (Wildman–Crippen MR) is 74.4 cm³/mol. The maximum Gasteiger partial charge on any atom is 0.181 e. The van der Waals surface area contributed by atoms with Crippen molar-refractivity contribution in [3.63, 3.8) is 0 Å². The van der Waals surface area contributed by atoms with Gasteiger partial charge in [-0.2, -0.15) is 5.26 Å². The van der Waals surface area contributed by atoms with E-state index >= 15 is 0 Å². The molecule has 0 amide bonds. The van der Waals surface area contributed by atoms with Crippen molar-refractivity contribution in [2.45, 2.75) is 19.9 Å². The van der Waals surface area contributed by atoms with Crippen LogP contribution < -0.4 is 0 Å². The minimum atomic E-state index is -0.0598. The number of aromatic nitrogens is 1. The topological polar surface area (TPSA) is 53.1 Å². The first kappa shape index (κ1) is 13.6. The Hall–Kier alpha value is -1.86. The second kappa shape index (κ2) is 5.41. The molecule has 19 heavy (non-hydrogen) atoms. The van der Waals surface area contributed by atoms with Crippen LogP contribution in [0.25, 0.3) is 11.1 Å². The van der Waals surface area contributed by atoms with Crippen LogP contribution in [0, 0.1) is 23.2 Å². The minimum absolute atomic E-state index is 0.0551. The lowest BCUT2D eigenvalue weighted by molar-refractivity contribution is 0.210. The van der Waals surface area contributed by atoms with E-state index in [0.717, 1.165) is 16.7 Å². The zero-order valence-corrected chi connectivity index (χ0v) is 11.8. The molecule has 1 aromatic heterocycles. The summed E-state index contributed by atoms with van der Waals surface area (Å²) in [5.41, 5.74) is 2.71. The highest BCUT2D eigenvalue weighted by Crippen LogP contribution is 2.32. The molecule has 2 unspecified atom stereocenters. The normalized spacial score (nSPS) is 14.8. The fourth-order valence-corrected chi connectivity index (χ4v) is 2.47. The second-order valence-corrected chi connectivity index (χ2v) is 5.39. The number of rotatable bonds is 4. The van der Waals surface area contributed by atoms with Gasteiger partial charge in [-0.1, -0.05) is 19.9 Å². The van der Waals surface area contributed by atoms with E-state index in [4.69, 9.17) is 4.42 Å². The highest BCUT2D eigenvalue weighted by Gasteiger charge is 2.28. The lowest BCUT2D eigenvalue weighted by Gasteiger charge is -2.31. The van der Waals surface area contributed by atoms with E-state index in [-0.39, 0.29) is 12.0 Å². The molecule has 2 atom stereocenters. The minimum Gasteiger partial charge on any atom is -0.443 e. The molecule has 0 fully saturated rings. The van der Waals surface area contributed by atoms with Gasteiger partial charge in [0.1, 0.15) is 5.52 Å². The molecule has 2 rings (SSSR count). The van der Waals surface area contributed by atoms with Gasteiger partial charge in [-0.3, -0.25) is 0 Å². The summed E-state index contributed by atoms with van der Waals surface area (Å²) in [7, 11) is 4.00. The van der Waals surface area contributed by atoms with Crippen LogP contribution in [0.3, 0.4) is 0 Å². The van der Waals surface area contributed by atoms with Gasteiger partial charge in [0.05, 0.1) is 18.0 Å². The van der Waals surface area contributed by atoms with Crippen LogP contribution in [0.15, 0.2) is 29.0 Å². The standard InChI is InChI=1S/C15H19N3O/c1-10(2)12(8-16)15(18(3)4)11-5-6-13-14(7-11)19-9-17-13/h5-7,9-10,12,15H,1-4H3. The molecule has 0 N–H and O–H groups in total. The maximum absolute atomic E-state index is 9.44. The van der Waals surface area contributed by atoms with Crippen molar-refractivity contribution in [2.75, 3.05) is 14.1 Å². The Balaban J connectivity index is 2.46. The van der Waals surface area contributed by atoms with Gasteiger partial charge in [0.15, 0.2) is 12.0 Å². The van der Waals surface area contributed by atoms with Crippen molar-refractivity contribution in [1.29, 1.82) is 5.26 Å². The quantitative estimate of drug-likeness (QED) is 0.843. The molecule has 0 radical (unpaired) electrons. The van der Waals surface area contributed by atoms with Gasteiger partial charge in [0, 0.05) is 0 Å². The number of nitriles is 1. The number of nitrogens with zero attached hydrogens (tertiary/aromatic N) is 3. The molecule has 0 aliphatic rings. The summed E-state index contributed by atoms with van der Waals surface area (Å²) < 4.78 is 5.35. The molecule has 0 spiro atoms. The van der Waals surface area contributed by atoms with Crippen LogP contribution in [-0.2, 0) is 0 Å². The summed E-state index contributed by atoms with van der Waals surface area (Å²) in [6.07, 6.45) is 1.45. The smallest absolute Gasteiger partial charge is 0.181 e. The van der Waals surface area contributed by atoms with Crippen LogP contribution in [0.1, 0.15) is 25.5 Å². The van der Waals surface area contributed by atoms with E-state index in [1.165, 1.54) is 6.39 Å². The van der Waals surface area contributed by atoms with E-state index in [1.54, 1.807) is 0 Å². The SMILES string of the molecule is CC(C)C(C#N)C(c1ccc2ncoc2c1)N(C)C. The Labute approximate surface area is 113 Å². The summed E-state index contributed by atoms with van der Waals surface area (Å²) in [5.74, 6) is 0.234. The van der Waals surface area contributed by atoms with Crippen molar-refractivity contribution < 1.29 is 4.42 Å². The third-order valence-electron chi connectivity index (χ3n) is 3.46. The molecule has 1 aromatic carbocycles. The molecule has 0 bridgehead atoms. The fraction of sp³-hybridized carbons (Fsp3) is 0.467. The Morgan fingerprint density at radius 2 is 2.05 bits per heavy atom. The summed E-state index contributed by atoms with van der Waals surface area (Å²) >= 11 is 0. The molecular formula is C15H19N3O. The van der Waals surface area contributed by atoms with Crippen molar-refractivity contribution in [3.05, 3.63) is 30.2 Å². The van der Waals surface area contributed by atoms with Gasteiger partial charge in [-0.05, 0) is 37.7 Å². The molecule has 4 nitrogen and oxygen atoms in total. The van der Waals surface area contributed by atoms with Crippen LogP contribution in [-0.4, -0.2) is 24.0 Å². The van der Waals surface area contributed by atoms with Crippen molar-refractivity contribution in [3.8, 4) is 6.07 Å². The third-order valence-corrected chi connectivity index (χ3v) is 3.46. The van der Waals surface area contributed by atoms with E-state index in [0.29, 0.717) is 5.92 Å². The van der Waals surface area contributed by atoms with Crippen molar-refractivity contribution >= 4 is 11.1 Å². The molecule has 4 heteroatoms. The van der Waals surface area contributed by atoms with E-state index < -0.39 is 0 Å². The average Bonchev–Trinajstić information content (AvgIpc) is 2.81. The third kappa shape index (κ3) is 2.61. The van der Waals surface area contributed by atoms with Gasteiger partial charge in [0.25, 0.3) is 0 Å². The zero-order valence-electron chi connectivity index (χ0n) is 11.8. The van der Waals surface area contributed by atoms with Gasteiger partial charge >= 0.3 is 0 Å². The predicted octanol–water partition coefficient (Wildman–Crippen LogP) is 3.23. The molecule has 1 heterocycles. The Kier molecular flexibility index (Phi) is 3.87. The van der Waals surface area contributed by atoms with E-state index in [9.17, 15) is 5.26 Å². The van der Waals surface area contributed by atoms with E-state index in [2.05, 4.69) is 29.8 Å². The summed E-state index contributed by atoms with van der Waals surface area (Å²) in [6, 6.07) is 8.45. The number of hydrogen-bond acceptors (Lipinski definition) is 4. The Morgan fingerprint density at radius 1 is 1.32 bits per heavy atom. The first-order valence-corrected chi connectivity index (χ1v) is 6.43. The Morgan fingerprint density at radius 3 is 2.63 bits per heavy atom. The number of benzene rings is 1. The highest BCUT2D eigenvalue weighted by molar-refractivity contribution is 5.72. The number of fused-ring (bicyclic) bond motifs is 1. The van der Waals surface area contributed by atoms with Gasteiger partial charge in [-0.15, -0.1) is 0 Å². The number of oxazole rings is 1. The molecule has 0 aliphatic heterocycles. The first-order chi connectivity index (χ1) is 9.04. The monoisotopic (exact) mass is 257 g/mol. The summed E-state index contributed by atoms with van der Waals surface area (Å²) in [4.78, 5) is 6.21. The summed E-state index contributed by atoms with van der Waals surface area (Å²) in [5, 5.41) is 9.44. The fourth-order valence-electron chi connectivity index (χ4n) is 2.47. The highest BCUT2D eigenvalue weighted by atomic mass is 16.3. The lowest BCUT2D eigenvalue weighted by atomic mass is 9.85. The average molecular weight is 257 g/mol.